The Morgan fingerprint density at radius 3 is 2.41 bits per heavy atom. The monoisotopic (exact) mass is 407 g/mol. The first-order valence-corrected chi connectivity index (χ1v) is 9.27. The molecule has 1 aromatic rings. The van der Waals surface area contributed by atoms with E-state index in [1.54, 1.807) is 12.1 Å². The second-order valence-electron chi connectivity index (χ2n) is 6.63. The second kappa shape index (κ2) is 12.4. The third kappa shape index (κ3) is 8.68. The second-order valence-corrected chi connectivity index (χ2v) is 6.63. The summed E-state index contributed by atoms with van der Waals surface area (Å²) in [5.74, 6) is -0.841. The lowest BCUT2D eigenvalue weighted by molar-refractivity contribution is -0.151. The van der Waals surface area contributed by atoms with Crippen LogP contribution in [-0.4, -0.2) is 51.3 Å². The molecule has 160 valence electrons. The Labute approximate surface area is 171 Å². The summed E-state index contributed by atoms with van der Waals surface area (Å²) in [4.78, 5) is 35.6. The lowest BCUT2D eigenvalue weighted by atomic mass is 10.0. The van der Waals surface area contributed by atoms with E-state index in [0.29, 0.717) is 17.9 Å². The van der Waals surface area contributed by atoms with E-state index >= 15 is 0 Å². The van der Waals surface area contributed by atoms with E-state index in [0.717, 1.165) is 5.56 Å². The Morgan fingerprint density at radius 1 is 1.10 bits per heavy atom. The average molecular weight is 407 g/mol. The molecule has 0 heterocycles. The van der Waals surface area contributed by atoms with Crippen molar-refractivity contribution in [3.05, 3.63) is 29.8 Å². The van der Waals surface area contributed by atoms with E-state index in [1.165, 1.54) is 14.2 Å². The van der Waals surface area contributed by atoms with Crippen LogP contribution < -0.4 is 14.8 Å². The van der Waals surface area contributed by atoms with Gasteiger partial charge in [-0.25, -0.2) is 9.59 Å². The van der Waals surface area contributed by atoms with Crippen LogP contribution in [0.5, 0.6) is 11.5 Å². The number of hydrogen-bond acceptors (Lipinski definition) is 7. The van der Waals surface area contributed by atoms with Gasteiger partial charge in [0.1, 0.15) is 6.04 Å². The lowest BCUT2D eigenvalue weighted by Crippen LogP contribution is -2.44. The Kier molecular flexibility index (Phi) is 10.3. The van der Waals surface area contributed by atoms with E-state index in [1.807, 2.05) is 39.0 Å². The van der Waals surface area contributed by atoms with Crippen molar-refractivity contribution in [2.45, 2.75) is 33.2 Å². The Bertz CT molecular complexity index is 728. The van der Waals surface area contributed by atoms with Gasteiger partial charge in [0, 0.05) is 0 Å². The van der Waals surface area contributed by atoms with Gasteiger partial charge < -0.3 is 24.3 Å². The van der Waals surface area contributed by atoms with Gasteiger partial charge in [-0.1, -0.05) is 32.1 Å². The van der Waals surface area contributed by atoms with Crippen LogP contribution in [-0.2, 0) is 23.9 Å². The molecular formula is C21H29NO7. The fourth-order valence-corrected chi connectivity index (χ4v) is 2.49. The standard InChI is InChI=1S/C21H29NO7/c1-6-7-15-8-9-17(18(11-15)26-4)28-13-20(24)29-12-19(23)22-16(10-14(2)3)21(25)27-5/h6-9,11,14,16H,10,12-13H2,1-5H3,(H,22,23)/b7-6+. The fourth-order valence-electron chi connectivity index (χ4n) is 2.49. The van der Waals surface area contributed by atoms with Crippen LogP contribution in [0.25, 0.3) is 6.08 Å². The SMILES string of the molecule is C/C=C/c1ccc(OCC(=O)OCC(=O)NC(CC(C)C)C(=O)OC)c(OC)c1. The maximum atomic E-state index is 12.0. The summed E-state index contributed by atoms with van der Waals surface area (Å²) >= 11 is 0. The Morgan fingerprint density at radius 2 is 1.83 bits per heavy atom. The van der Waals surface area contributed by atoms with Crippen LogP contribution in [0.1, 0.15) is 32.8 Å². The molecule has 1 aromatic carbocycles. The Hall–Kier alpha value is -3.03. The summed E-state index contributed by atoms with van der Waals surface area (Å²) in [5.41, 5.74) is 0.928. The van der Waals surface area contributed by atoms with Crippen LogP contribution in [0.15, 0.2) is 24.3 Å². The zero-order valence-corrected chi connectivity index (χ0v) is 17.5. The minimum Gasteiger partial charge on any atom is -0.493 e. The third-order valence-corrected chi connectivity index (χ3v) is 3.78. The fraction of sp³-hybridized carbons (Fsp3) is 0.476. The first kappa shape index (κ1) is 24.0. The maximum Gasteiger partial charge on any atom is 0.344 e. The normalized spacial score (nSPS) is 11.8. The molecule has 0 radical (unpaired) electrons. The molecule has 8 nitrogen and oxygen atoms in total. The molecule has 0 aliphatic carbocycles. The molecule has 1 unspecified atom stereocenters. The van der Waals surface area contributed by atoms with Crippen molar-refractivity contribution in [1.29, 1.82) is 0 Å². The minimum atomic E-state index is -0.789. The van der Waals surface area contributed by atoms with Crippen molar-refractivity contribution >= 4 is 23.9 Å². The molecule has 0 bridgehead atoms. The van der Waals surface area contributed by atoms with Crippen molar-refractivity contribution in [3.63, 3.8) is 0 Å². The van der Waals surface area contributed by atoms with Gasteiger partial charge in [-0.05, 0) is 37.0 Å². The molecule has 0 saturated carbocycles. The number of allylic oxidation sites excluding steroid dienone is 1. The topological polar surface area (TPSA) is 100 Å². The highest BCUT2D eigenvalue weighted by Crippen LogP contribution is 2.28. The first-order chi connectivity index (χ1) is 13.8. The Balaban J connectivity index is 2.52. The van der Waals surface area contributed by atoms with Crippen LogP contribution in [0.3, 0.4) is 0 Å². The summed E-state index contributed by atoms with van der Waals surface area (Å²) in [7, 11) is 2.75. The largest absolute Gasteiger partial charge is 0.493 e. The molecule has 0 aliphatic heterocycles. The summed E-state index contributed by atoms with van der Waals surface area (Å²) < 4.78 is 20.2. The molecule has 1 amide bonds. The smallest absolute Gasteiger partial charge is 0.344 e. The summed E-state index contributed by atoms with van der Waals surface area (Å²) in [6.07, 6.45) is 4.21. The number of carbonyl (C=O) groups is 3. The van der Waals surface area contributed by atoms with Gasteiger partial charge >= 0.3 is 11.9 Å². The van der Waals surface area contributed by atoms with Crippen LogP contribution in [0, 0.1) is 5.92 Å². The van der Waals surface area contributed by atoms with Crippen LogP contribution in [0.2, 0.25) is 0 Å². The number of benzene rings is 1. The molecular weight excluding hydrogens is 378 g/mol. The number of methoxy groups -OCH3 is 2. The highest BCUT2D eigenvalue weighted by molar-refractivity contribution is 5.86. The number of ether oxygens (including phenoxy) is 4. The summed E-state index contributed by atoms with van der Waals surface area (Å²) in [6.45, 7) is 4.82. The van der Waals surface area contributed by atoms with E-state index in [4.69, 9.17) is 14.2 Å². The first-order valence-electron chi connectivity index (χ1n) is 9.27. The molecule has 1 atom stereocenters. The lowest BCUT2D eigenvalue weighted by Gasteiger charge is -2.18. The predicted octanol–water partition coefficient (Wildman–Crippen LogP) is 2.35. The molecule has 1 rings (SSSR count). The molecule has 0 fully saturated rings. The minimum absolute atomic E-state index is 0.171. The number of nitrogens with one attached hydrogen (secondary N) is 1. The predicted molar refractivity (Wildman–Crippen MR) is 108 cm³/mol. The number of esters is 2. The molecule has 29 heavy (non-hydrogen) atoms. The van der Waals surface area contributed by atoms with E-state index in [-0.39, 0.29) is 12.5 Å². The van der Waals surface area contributed by atoms with Crippen molar-refractivity contribution in [1.82, 2.24) is 5.32 Å². The van der Waals surface area contributed by atoms with E-state index in [9.17, 15) is 14.4 Å². The van der Waals surface area contributed by atoms with E-state index < -0.39 is 30.5 Å². The summed E-state index contributed by atoms with van der Waals surface area (Å²) in [5, 5.41) is 2.51. The van der Waals surface area contributed by atoms with Gasteiger partial charge in [0.2, 0.25) is 0 Å². The molecule has 8 heteroatoms. The summed E-state index contributed by atoms with van der Waals surface area (Å²) in [6, 6.07) is 4.48. The quantitative estimate of drug-likeness (QED) is 0.562. The van der Waals surface area contributed by atoms with Crippen LogP contribution >= 0.6 is 0 Å². The molecule has 1 N–H and O–H groups in total. The van der Waals surface area contributed by atoms with Gasteiger partial charge in [0.05, 0.1) is 14.2 Å². The third-order valence-electron chi connectivity index (χ3n) is 3.78. The molecule has 0 aromatic heterocycles. The van der Waals surface area contributed by atoms with Gasteiger partial charge in [0.25, 0.3) is 5.91 Å². The zero-order chi connectivity index (χ0) is 21.8. The zero-order valence-electron chi connectivity index (χ0n) is 17.5. The van der Waals surface area contributed by atoms with Crippen LogP contribution in [0.4, 0.5) is 0 Å². The highest BCUT2D eigenvalue weighted by Gasteiger charge is 2.23. The number of hydrogen-bond donors (Lipinski definition) is 1. The number of amides is 1. The van der Waals surface area contributed by atoms with Crippen molar-refractivity contribution < 1.29 is 33.3 Å². The molecule has 0 spiro atoms. The highest BCUT2D eigenvalue weighted by atomic mass is 16.6. The van der Waals surface area contributed by atoms with Crippen molar-refractivity contribution in [3.8, 4) is 11.5 Å². The van der Waals surface area contributed by atoms with E-state index in [2.05, 4.69) is 10.1 Å². The van der Waals surface area contributed by atoms with Gasteiger partial charge in [-0.3, -0.25) is 4.79 Å². The van der Waals surface area contributed by atoms with Gasteiger partial charge in [-0.15, -0.1) is 0 Å². The van der Waals surface area contributed by atoms with Crippen molar-refractivity contribution in [2.24, 2.45) is 5.92 Å². The molecule has 0 aliphatic rings. The van der Waals surface area contributed by atoms with Gasteiger partial charge in [0.15, 0.2) is 24.7 Å². The van der Waals surface area contributed by atoms with Gasteiger partial charge in [-0.2, -0.15) is 0 Å². The number of carbonyl (C=O) groups excluding carboxylic acids is 3. The molecule has 0 saturated heterocycles. The average Bonchev–Trinajstić information content (AvgIpc) is 2.69. The number of rotatable bonds is 11. The maximum absolute atomic E-state index is 12.0. The van der Waals surface area contributed by atoms with Crippen molar-refractivity contribution in [2.75, 3.05) is 27.4 Å².